The fourth-order valence-corrected chi connectivity index (χ4v) is 0.951. The molecule has 0 spiro atoms. The third kappa shape index (κ3) is 11.5. The molecule has 0 radical (unpaired) electrons. The predicted octanol–water partition coefficient (Wildman–Crippen LogP) is 0.613. The zero-order valence-corrected chi connectivity index (χ0v) is 8.53. The zero-order valence-electron chi connectivity index (χ0n) is 6.82. The maximum absolute atomic E-state index is 8.88. The van der Waals surface area contributed by atoms with Gasteiger partial charge in [0, 0.05) is 11.6 Å². The number of hydrogen-bond donors (Lipinski definition) is 3. The standard InChI is InChI=1S/C5H7NOS.H3O4P/c1-2-7-5-6-3-4-8-5;1-5(2,3)4/h3-4H,2H2,1H3;(H3,1,2,3,4). The Morgan fingerprint density at radius 2 is 2.15 bits per heavy atom. The molecule has 0 aliphatic heterocycles. The second kappa shape index (κ2) is 6.06. The number of aromatic nitrogens is 1. The van der Waals surface area contributed by atoms with Gasteiger partial charge < -0.3 is 19.4 Å². The summed E-state index contributed by atoms with van der Waals surface area (Å²) in [6.07, 6.45) is 1.73. The van der Waals surface area contributed by atoms with E-state index < -0.39 is 7.82 Å². The van der Waals surface area contributed by atoms with E-state index in [0.717, 1.165) is 5.19 Å². The molecule has 0 aliphatic carbocycles. The van der Waals surface area contributed by atoms with E-state index in [9.17, 15) is 0 Å². The van der Waals surface area contributed by atoms with Gasteiger partial charge in [-0.15, -0.1) is 0 Å². The molecule has 76 valence electrons. The summed E-state index contributed by atoms with van der Waals surface area (Å²) in [6.45, 7) is 2.65. The highest BCUT2D eigenvalue weighted by molar-refractivity contribution is 7.45. The smallest absolute Gasteiger partial charge is 0.466 e. The first-order chi connectivity index (χ1) is 5.93. The van der Waals surface area contributed by atoms with Gasteiger partial charge in [-0.1, -0.05) is 11.3 Å². The third-order valence-corrected chi connectivity index (χ3v) is 1.36. The van der Waals surface area contributed by atoms with Crippen molar-refractivity contribution in [2.24, 2.45) is 0 Å². The van der Waals surface area contributed by atoms with Gasteiger partial charge in [-0.05, 0) is 6.92 Å². The minimum Gasteiger partial charge on any atom is -0.470 e. The molecule has 8 heteroatoms. The van der Waals surface area contributed by atoms with E-state index in [1.807, 2.05) is 12.3 Å². The van der Waals surface area contributed by atoms with Crippen LogP contribution in [-0.2, 0) is 4.57 Å². The molecular formula is C5H10NO5PS. The molecule has 0 saturated heterocycles. The quantitative estimate of drug-likeness (QED) is 0.640. The Kier molecular flexibility index (Phi) is 5.85. The predicted molar refractivity (Wildman–Crippen MR) is 47.5 cm³/mol. The van der Waals surface area contributed by atoms with Crippen molar-refractivity contribution in [3.63, 3.8) is 0 Å². The van der Waals surface area contributed by atoms with Crippen molar-refractivity contribution in [1.29, 1.82) is 0 Å². The van der Waals surface area contributed by atoms with Crippen LogP contribution < -0.4 is 4.74 Å². The SMILES string of the molecule is CCOc1nccs1.O=P(O)(O)O. The number of thiazole rings is 1. The molecule has 0 aromatic carbocycles. The van der Waals surface area contributed by atoms with Crippen LogP contribution in [0.4, 0.5) is 0 Å². The van der Waals surface area contributed by atoms with Crippen molar-refractivity contribution in [2.75, 3.05) is 6.61 Å². The third-order valence-electron chi connectivity index (χ3n) is 0.677. The molecule has 0 bridgehead atoms. The van der Waals surface area contributed by atoms with Gasteiger partial charge in [0.1, 0.15) is 0 Å². The summed E-state index contributed by atoms with van der Waals surface area (Å²) in [6, 6.07) is 0. The van der Waals surface area contributed by atoms with Crippen LogP contribution in [-0.4, -0.2) is 26.3 Å². The summed E-state index contributed by atoms with van der Waals surface area (Å²) < 4.78 is 13.9. The highest BCUT2D eigenvalue weighted by Gasteiger charge is 2.00. The number of hydrogen-bond acceptors (Lipinski definition) is 4. The van der Waals surface area contributed by atoms with Crippen molar-refractivity contribution in [3.8, 4) is 5.19 Å². The summed E-state index contributed by atoms with van der Waals surface area (Å²) >= 11 is 1.51. The fourth-order valence-electron chi connectivity index (χ4n) is 0.405. The lowest BCUT2D eigenvalue weighted by molar-refractivity contribution is 0.275. The Balaban J connectivity index is 0.000000252. The maximum Gasteiger partial charge on any atom is 0.466 e. The van der Waals surface area contributed by atoms with Crippen LogP contribution in [0.1, 0.15) is 6.92 Å². The molecule has 1 aromatic heterocycles. The van der Waals surface area contributed by atoms with Gasteiger partial charge in [0.15, 0.2) is 0 Å². The first-order valence-corrected chi connectivity index (χ1v) is 5.68. The molecular weight excluding hydrogens is 217 g/mol. The number of nitrogens with zero attached hydrogens (tertiary/aromatic N) is 1. The lowest BCUT2D eigenvalue weighted by Gasteiger charge is -1.91. The van der Waals surface area contributed by atoms with Crippen LogP contribution >= 0.6 is 19.2 Å². The normalized spacial score (nSPS) is 10.2. The monoisotopic (exact) mass is 227 g/mol. The van der Waals surface area contributed by atoms with Gasteiger partial charge >= 0.3 is 7.82 Å². The molecule has 3 N–H and O–H groups in total. The highest BCUT2D eigenvalue weighted by atomic mass is 32.1. The fraction of sp³-hybridized carbons (Fsp3) is 0.400. The first-order valence-electron chi connectivity index (χ1n) is 3.24. The zero-order chi connectivity index (χ0) is 10.3. The number of rotatable bonds is 2. The minimum atomic E-state index is -4.64. The molecule has 0 fully saturated rings. The van der Waals surface area contributed by atoms with Crippen LogP contribution in [0.2, 0.25) is 0 Å². The van der Waals surface area contributed by atoms with Crippen LogP contribution in [0.5, 0.6) is 5.19 Å². The topological polar surface area (TPSA) is 99.9 Å². The molecule has 1 rings (SSSR count). The van der Waals surface area contributed by atoms with Crippen LogP contribution in [0.15, 0.2) is 11.6 Å². The van der Waals surface area contributed by atoms with Crippen molar-refractivity contribution in [3.05, 3.63) is 11.6 Å². The van der Waals surface area contributed by atoms with Gasteiger partial charge in [0.2, 0.25) is 0 Å². The Labute approximate surface area is 79.1 Å². The van der Waals surface area contributed by atoms with Crippen molar-refractivity contribution in [1.82, 2.24) is 4.98 Å². The Bertz CT molecular complexity index is 250. The molecule has 13 heavy (non-hydrogen) atoms. The molecule has 0 saturated carbocycles. The van der Waals surface area contributed by atoms with E-state index in [-0.39, 0.29) is 0 Å². The second-order valence-electron chi connectivity index (χ2n) is 1.74. The van der Waals surface area contributed by atoms with E-state index in [1.165, 1.54) is 11.3 Å². The average molecular weight is 227 g/mol. The summed E-state index contributed by atoms with van der Waals surface area (Å²) in [5, 5.41) is 2.65. The summed E-state index contributed by atoms with van der Waals surface area (Å²) in [5.74, 6) is 0. The van der Waals surface area contributed by atoms with E-state index >= 15 is 0 Å². The Hall–Kier alpha value is -0.460. The molecule has 0 atom stereocenters. The molecule has 0 amide bonds. The van der Waals surface area contributed by atoms with Gasteiger partial charge in [-0.3, -0.25) is 0 Å². The lowest BCUT2D eigenvalue weighted by atomic mass is 10.9. The van der Waals surface area contributed by atoms with Crippen molar-refractivity contribution in [2.45, 2.75) is 6.92 Å². The van der Waals surface area contributed by atoms with Gasteiger partial charge in [0.05, 0.1) is 6.61 Å². The van der Waals surface area contributed by atoms with Gasteiger partial charge in [0.25, 0.3) is 5.19 Å². The average Bonchev–Trinajstić information content (AvgIpc) is 2.36. The number of phosphoric acid groups is 1. The van der Waals surface area contributed by atoms with E-state index in [0.29, 0.717) is 6.61 Å². The van der Waals surface area contributed by atoms with Crippen molar-refractivity contribution < 1.29 is 24.0 Å². The maximum atomic E-state index is 8.88. The van der Waals surface area contributed by atoms with E-state index in [4.69, 9.17) is 24.0 Å². The second-order valence-corrected chi connectivity index (χ2v) is 3.63. The number of ether oxygens (including phenoxy) is 1. The van der Waals surface area contributed by atoms with Crippen molar-refractivity contribution >= 4 is 19.2 Å². The van der Waals surface area contributed by atoms with Crippen LogP contribution in [0, 0.1) is 0 Å². The minimum absolute atomic E-state index is 0.702. The summed E-state index contributed by atoms with van der Waals surface area (Å²) in [4.78, 5) is 25.5. The van der Waals surface area contributed by atoms with Crippen LogP contribution in [0.3, 0.4) is 0 Å². The van der Waals surface area contributed by atoms with Crippen LogP contribution in [0.25, 0.3) is 0 Å². The lowest BCUT2D eigenvalue weighted by Crippen LogP contribution is -1.88. The molecule has 1 aromatic rings. The summed E-state index contributed by atoms with van der Waals surface area (Å²) in [5.41, 5.74) is 0. The molecule has 1 heterocycles. The highest BCUT2D eigenvalue weighted by Crippen LogP contribution is 2.25. The first kappa shape index (κ1) is 12.5. The largest absolute Gasteiger partial charge is 0.470 e. The Morgan fingerprint density at radius 1 is 1.62 bits per heavy atom. The van der Waals surface area contributed by atoms with Gasteiger partial charge in [-0.2, -0.15) is 0 Å². The summed E-state index contributed by atoms with van der Waals surface area (Å²) in [7, 11) is -4.64. The molecule has 6 nitrogen and oxygen atoms in total. The molecule has 0 unspecified atom stereocenters. The van der Waals surface area contributed by atoms with E-state index in [1.54, 1.807) is 6.20 Å². The Morgan fingerprint density at radius 3 is 2.46 bits per heavy atom. The van der Waals surface area contributed by atoms with E-state index in [2.05, 4.69) is 4.98 Å². The molecule has 0 aliphatic rings. The van der Waals surface area contributed by atoms with Gasteiger partial charge in [-0.25, -0.2) is 9.55 Å².